The van der Waals surface area contributed by atoms with Gasteiger partial charge in [0.15, 0.2) is 0 Å². The number of rotatable bonds is 7. The third-order valence-corrected chi connectivity index (χ3v) is 8.22. The first kappa shape index (κ1) is 26.9. The predicted octanol–water partition coefficient (Wildman–Crippen LogP) is 5.48. The topological polar surface area (TPSA) is 118 Å². The molecule has 2 aliphatic heterocycles. The Balaban J connectivity index is 1.49. The van der Waals surface area contributed by atoms with Crippen LogP contribution in [0.1, 0.15) is 64.8 Å². The van der Waals surface area contributed by atoms with Crippen LogP contribution in [0, 0.1) is 19.3 Å². The van der Waals surface area contributed by atoms with Crippen molar-refractivity contribution in [1.29, 1.82) is 5.41 Å². The van der Waals surface area contributed by atoms with Crippen LogP contribution in [0.4, 0.5) is 11.5 Å². The standard InChI is InChI=1S/C31H35N7O3/c1-18-28-24(37(3)30(18)31(39)38-11-5-6-12-38)15-27(36-29(28)26-8-7-13-41-26)35-22-14-23(34-19(2)20(22)16-32)21-17-33-10-9-25(21)40-4/h9-10,14-17,26,32H,5-8,11-13H2,1-4H3,(H,34,35,36). The van der Waals surface area contributed by atoms with E-state index in [-0.39, 0.29) is 12.0 Å². The van der Waals surface area contributed by atoms with Crippen molar-refractivity contribution in [2.24, 2.45) is 7.05 Å². The van der Waals surface area contributed by atoms with Gasteiger partial charge < -0.3 is 29.7 Å². The molecule has 212 valence electrons. The Kier molecular flexibility index (Phi) is 7.17. The molecule has 0 radical (unpaired) electrons. The minimum Gasteiger partial charge on any atom is -0.496 e. The summed E-state index contributed by atoms with van der Waals surface area (Å²) in [6.07, 6.45) is 8.48. The van der Waals surface area contributed by atoms with Gasteiger partial charge in [0, 0.05) is 68.1 Å². The van der Waals surface area contributed by atoms with Crippen molar-refractivity contribution in [3.63, 3.8) is 0 Å². The molecule has 41 heavy (non-hydrogen) atoms. The van der Waals surface area contributed by atoms with E-state index >= 15 is 0 Å². The lowest BCUT2D eigenvalue weighted by molar-refractivity contribution is 0.0783. The van der Waals surface area contributed by atoms with E-state index in [1.165, 1.54) is 6.21 Å². The van der Waals surface area contributed by atoms with Gasteiger partial charge >= 0.3 is 0 Å². The number of nitrogens with one attached hydrogen (secondary N) is 2. The summed E-state index contributed by atoms with van der Waals surface area (Å²) in [5.41, 5.74) is 6.87. The minimum absolute atomic E-state index is 0.0670. The van der Waals surface area contributed by atoms with Crippen LogP contribution in [0.25, 0.3) is 22.2 Å². The number of pyridine rings is 3. The SMILES string of the molecule is COc1ccncc1-c1cc(Nc2cc3c(c(C4CCCO4)n2)c(C)c(C(=O)N2CCCC2)n3C)c(C=N)c(C)n1. The van der Waals surface area contributed by atoms with Crippen LogP contribution >= 0.6 is 0 Å². The highest BCUT2D eigenvalue weighted by atomic mass is 16.5. The van der Waals surface area contributed by atoms with Gasteiger partial charge in [-0.15, -0.1) is 0 Å². The highest BCUT2D eigenvalue weighted by molar-refractivity contribution is 6.03. The third-order valence-electron chi connectivity index (χ3n) is 8.22. The average molecular weight is 554 g/mol. The second-order valence-corrected chi connectivity index (χ2v) is 10.7. The summed E-state index contributed by atoms with van der Waals surface area (Å²) < 4.78 is 13.7. The molecule has 0 aromatic carbocycles. The molecule has 10 nitrogen and oxygen atoms in total. The van der Waals surface area contributed by atoms with Crippen LogP contribution < -0.4 is 10.1 Å². The van der Waals surface area contributed by atoms with Crippen molar-refractivity contribution in [2.45, 2.75) is 45.6 Å². The van der Waals surface area contributed by atoms with E-state index in [1.807, 2.05) is 42.5 Å². The molecule has 0 bridgehead atoms. The number of carbonyl (C=O) groups excluding carboxylic acids is 1. The summed E-state index contributed by atoms with van der Waals surface area (Å²) in [5.74, 6) is 1.34. The lowest BCUT2D eigenvalue weighted by atomic mass is 10.0. The normalized spacial score (nSPS) is 16.9. The fraction of sp³-hybridized carbons (Fsp3) is 0.387. The molecular formula is C31H35N7O3. The number of anilines is 2. The fourth-order valence-corrected chi connectivity index (χ4v) is 6.15. The van der Waals surface area contributed by atoms with Crippen LogP contribution in [0.3, 0.4) is 0 Å². The monoisotopic (exact) mass is 553 g/mol. The molecule has 0 aliphatic carbocycles. The van der Waals surface area contributed by atoms with Gasteiger partial charge in [-0.3, -0.25) is 14.8 Å². The molecule has 2 fully saturated rings. The van der Waals surface area contributed by atoms with Crippen LogP contribution in [0.2, 0.25) is 0 Å². The Morgan fingerprint density at radius 1 is 1.20 bits per heavy atom. The van der Waals surface area contributed by atoms with Gasteiger partial charge in [-0.25, -0.2) is 4.98 Å². The molecule has 1 atom stereocenters. The summed E-state index contributed by atoms with van der Waals surface area (Å²) in [6.45, 7) is 6.17. The number of carbonyl (C=O) groups is 1. The number of aryl methyl sites for hydroxylation is 3. The first-order valence-electron chi connectivity index (χ1n) is 14.1. The van der Waals surface area contributed by atoms with Gasteiger partial charge in [0.05, 0.1) is 35.3 Å². The molecule has 2 saturated heterocycles. The number of ether oxygens (including phenoxy) is 2. The van der Waals surface area contributed by atoms with E-state index < -0.39 is 0 Å². The number of methoxy groups -OCH3 is 1. The zero-order chi connectivity index (χ0) is 28.7. The second-order valence-electron chi connectivity index (χ2n) is 10.7. The van der Waals surface area contributed by atoms with Gasteiger partial charge in [0.1, 0.15) is 23.4 Å². The van der Waals surface area contributed by atoms with Crippen molar-refractivity contribution in [2.75, 3.05) is 32.1 Å². The van der Waals surface area contributed by atoms with Crippen LogP contribution in [-0.4, -0.2) is 63.3 Å². The zero-order valence-electron chi connectivity index (χ0n) is 24.0. The number of nitrogens with zero attached hydrogens (tertiary/aromatic N) is 5. The molecule has 2 aliphatic rings. The van der Waals surface area contributed by atoms with Crippen LogP contribution in [0.5, 0.6) is 5.75 Å². The maximum atomic E-state index is 13.6. The quantitative estimate of drug-likeness (QED) is 0.291. The van der Waals surface area contributed by atoms with E-state index in [2.05, 4.69) is 10.3 Å². The number of hydrogen-bond acceptors (Lipinski definition) is 8. The van der Waals surface area contributed by atoms with Gasteiger partial charge in [-0.1, -0.05) is 0 Å². The van der Waals surface area contributed by atoms with Crippen LogP contribution in [-0.2, 0) is 11.8 Å². The molecule has 4 aromatic rings. The summed E-state index contributed by atoms with van der Waals surface area (Å²) >= 11 is 0. The lowest BCUT2D eigenvalue weighted by Gasteiger charge is -2.17. The first-order chi connectivity index (χ1) is 19.9. The smallest absolute Gasteiger partial charge is 0.270 e. The molecule has 0 saturated carbocycles. The summed E-state index contributed by atoms with van der Waals surface area (Å²) in [5, 5.41) is 12.6. The zero-order valence-corrected chi connectivity index (χ0v) is 24.0. The van der Waals surface area contributed by atoms with Gasteiger partial charge in [-0.2, -0.15) is 0 Å². The predicted molar refractivity (Wildman–Crippen MR) is 158 cm³/mol. The Morgan fingerprint density at radius 2 is 2.00 bits per heavy atom. The lowest BCUT2D eigenvalue weighted by Crippen LogP contribution is -2.29. The highest BCUT2D eigenvalue weighted by Gasteiger charge is 2.30. The number of aromatic nitrogens is 4. The third kappa shape index (κ3) is 4.72. The molecule has 10 heteroatoms. The minimum atomic E-state index is -0.147. The Morgan fingerprint density at radius 3 is 2.71 bits per heavy atom. The highest BCUT2D eigenvalue weighted by Crippen LogP contribution is 2.39. The number of fused-ring (bicyclic) bond motifs is 1. The van der Waals surface area contributed by atoms with Crippen molar-refractivity contribution in [3.8, 4) is 17.0 Å². The van der Waals surface area contributed by atoms with E-state index in [1.54, 1.807) is 25.6 Å². The van der Waals surface area contributed by atoms with E-state index in [9.17, 15) is 4.79 Å². The van der Waals surface area contributed by atoms with Crippen molar-refractivity contribution in [3.05, 3.63) is 58.8 Å². The molecule has 0 spiro atoms. The summed E-state index contributed by atoms with van der Waals surface area (Å²) in [6, 6.07) is 5.67. The van der Waals surface area contributed by atoms with Gasteiger partial charge in [-0.05, 0) is 57.2 Å². The number of hydrogen-bond donors (Lipinski definition) is 2. The molecule has 6 rings (SSSR count). The van der Waals surface area contributed by atoms with E-state index in [0.717, 1.165) is 66.5 Å². The molecule has 4 aromatic heterocycles. The van der Waals surface area contributed by atoms with E-state index in [4.69, 9.17) is 24.9 Å². The molecule has 2 N–H and O–H groups in total. The maximum absolute atomic E-state index is 13.6. The summed E-state index contributed by atoms with van der Waals surface area (Å²) in [4.78, 5) is 29.6. The van der Waals surface area contributed by atoms with Crippen molar-refractivity contribution < 1.29 is 14.3 Å². The Labute approximate surface area is 239 Å². The summed E-state index contributed by atoms with van der Waals surface area (Å²) in [7, 11) is 3.57. The second kappa shape index (κ2) is 10.9. The van der Waals surface area contributed by atoms with Gasteiger partial charge in [0.2, 0.25) is 0 Å². The average Bonchev–Trinajstić information content (AvgIpc) is 3.75. The largest absolute Gasteiger partial charge is 0.496 e. The van der Waals surface area contributed by atoms with Crippen molar-refractivity contribution in [1.82, 2.24) is 24.4 Å². The van der Waals surface area contributed by atoms with E-state index in [0.29, 0.717) is 46.5 Å². The molecule has 1 unspecified atom stereocenters. The first-order valence-corrected chi connectivity index (χ1v) is 14.1. The molecule has 1 amide bonds. The van der Waals surface area contributed by atoms with Gasteiger partial charge in [0.25, 0.3) is 5.91 Å². The molecular weight excluding hydrogens is 518 g/mol. The molecule has 6 heterocycles. The number of likely N-dealkylation sites (tertiary alicyclic amines) is 1. The maximum Gasteiger partial charge on any atom is 0.270 e. The Hall–Kier alpha value is -4.31. The van der Waals surface area contributed by atoms with Crippen molar-refractivity contribution >= 4 is 34.5 Å². The Bertz CT molecular complexity index is 1650. The fourth-order valence-electron chi connectivity index (χ4n) is 6.15. The van der Waals surface area contributed by atoms with Crippen LogP contribution in [0.15, 0.2) is 30.6 Å². The number of amides is 1.